The van der Waals surface area contributed by atoms with Crippen molar-refractivity contribution in [3.05, 3.63) is 48.7 Å². The van der Waals surface area contributed by atoms with Gasteiger partial charge in [-0.05, 0) is 49.9 Å². The zero-order valence-electron chi connectivity index (χ0n) is 21.2. The second-order valence-corrected chi connectivity index (χ2v) is 9.70. The Labute approximate surface area is 218 Å². The van der Waals surface area contributed by atoms with Crippen molar-refractivity contribution in [1.29, 1.82) is 0 Å². The molecule has 1 aliphatic heterocycles. The highest BCUT2D eigenvalue weighted by molar-refractivity contribution is 5.98. The molecule has 0 aliphatic carbocycles. The number of hydrogen-bond donors (Lipinski definition) is 3. The summed E-state index contributed by atoms with van der Waals surface area (Å²) in [5.74, 6) is 0.803. The molecule has 9 nitrogen and oxygen atoms in total. The lowest BCUT2D eigenvalue weighted by molar-refractivity contribution is -0.116. The van der Waals surface area contributed by atoms with Gasteiger partial charge in [-0.15, -0.1) is 0 Å². The molecule has 1 aliphatic rings. The van der Waals surface area contributed by atoms with Crippen LogP contribution in [0.4, 0.5) is 15.9 Å². The van der Waals surface area contributed by atoms with Gasteiger partial charge in [0.1, 0.15) is 17.0 Å². The Kier molecular flexibility index (Phi) is 6.45. The van der Waals surface area contributed by atoms with E-state index in [4.69, 9.17) is 4.98 Å². The van der Waals surface area contributed by atoms with Gasteiger partial charge >= 0.3 is 0 Å². The molecule has 5 heterocycles. The summed E-state index contributed by atoms with van der Waals surface area (Å²) >= 11 is 0. The van der Waals surface area contributed by atoms with Crippen molar-refractivity contribution in [2.45, 2.75) is 45.4 Å². The first-order chi connectivity index (χ1) is 18.6. The lowest BCUT2D eigenvalue weighted by Crippen LogP contribution is -2.30. The molecular weight excluding hydrogens is 483 g/mol. The number of aromatic nitrogens is 6. The molecule has 10 heteroatoms. The summed E-state index contributed by atoms with van der Waals surface area (Å²) in [5, 5.41) is 10.6. The Hall–Kier alpha value is -4.34. The summed E-state index contributed by atoms with van der Waals surface area (Å²) in [6, 6.07) is 7.09. The molecule has 0 spiro atoms. The van der Waals surface area contributed by atoms with Gasteiger partial charge < -0.3 is 15.2 Å². The second-order valence-electron chi connectivity index (χ2n) is 9.70. The van der Waals surface area contributed by atoms with Crippen molar-refractivity contribution < 1.29 is 9.18 Å². The number of carbonyl (C=O) groups excluding carboxylic acids is 1. The molecule has 38 heavy (non-hydrogen) atoms. The molecule has 0 bridgehead atoms. The number of halogens is 1. The molecule has 0 atom stereocenters. The Morgan fingerprint density at radius 3 is 2.84 bits per heavy atom. The van der Waals surface area contributed by atoms with Crippen LogP contribution in [0.3, 0.4) is 0 Å². The second kappa shape index (κ2) is 10.2. The topological polar surface area (TPSA) is 115 Å². The SMILES string of the molecule is CCCCC(=O)Nc1cncc(-c2ccc3[nH]nc(-c4nc5c(N6CCCCC6)nccc5[nH]4)c3c2F)c1. The van der Waals surface area contributed by atoms with Crippen LogP contribution in [0.15, 0.2) is 42.9 Å². The molecule has 4 aromatic heterocycles. The molecule has 0 unspecified atom stereocenters. The molecule has 5 aromatic rings. The Bertz CT molecular complexity index is 1620. The number of fused-ring (bicyclic) bond motifs is 2. The van der Waals surface area contributed by atoms with E-state index in [0.29, 0.717) is 45.7 Å². The van der Waals surface area contributed by atoms with E-state index in [1.807, 2.05) is 13.0 Å². The fourth-order valence-corrected chi connectivity index (χ4v) is 5.05. The molecular formula is C28H29FN8O. The number of imidazole rings is 1. The number of rotatable bonds is 7. The van der Waals surface area contributed by atoms with Gasteiger partial charge in [0, 0.05) is 43.0 Å². The summed E-state index contributed by atoms with van der Waals surface area (Å²) in [7, 11) is 0. The Balaban J connectivity index is 1.38. The third-order valence-electron chi connectivity index (χ3n) is 7.02. The van der Waals surface area contributed by atoms with Gasteiger partial charge in [0.05, 0.1) is 28.3 Å². The van der Waals surface area contributed by atoms with E-state index < -0.39 is 5.82 Å². The molecule has 1 aromatic carbocycles. The van der Waals surface area contributed by atoms with Gasteiger partial charge in [0.2, 0.25) is 5.91 Å². The third kappa shape index (κ3) is 4.46. The number of nitrogens with one attached hydrogen (secondary N) is 3. The summed E-state index contributed by atoms with van der Waals surface area (Å²) in [5.41, 5.74) is 4.01. The van der Waals surface area contributed by atoms with Crippen molar-refractivity contribution in [3.63, 3.8) is 0 Å². The molecule has 0 saturated carbocycles. The largest absolute Gasteiger partial charge is 0.355 e. The van der Waals surface area contributed by atoms with E-state index in [9.17, 15) is 4.79 Å². The number of aromatic amines is 2. The molecule has 0 radical (unpaired) electrons. The average molecular weight is 513 g/mol. The number of benzene rings is 1. The van der Waals surface area contributed by atoms with E-state index >= 15 is 4.39 Å². The van der Waals surface area contributed by atoms with Gasteiger partial charge in [-0.25, -0.2) is 14.4 Å². The number of amides is 1. The minimum Gasteiger partial charge on any atom is -0.355 e. The number of pyridine rings is 2. The lowest BCUT2D eigenvalue weighted by atomic mass is 10.0. The first-order valence-electron chi connectivity index (χ1n) is 13.1. The molecule has 194 valence electrons. The van der Waals surface area contributed by atoms with Crippen molar-refractivity contribution >= 4 is 39.3 Å². The molecule has 1 amide bonds. The van der Waals surface area contributed by atoms with Crippen LogP contribution < -0.4 is 10.2 Å². The summed E-state index contributed by atoms with van der Waals surface area (Å²) in [6.45, 7) is 3.93. The minimum atomic E-state index is -0.433. The van der Waals surface area contributed by atoms with Gasteiger partial charge in [-0.1, -0.05) is 13.3 Å². The zero-order valence-corrected chi connectivity index (χ0v) is 21.2. The molecule has 1 saturated heterocycles. The number of anilines is 2. The average Bonchev–Trinajstić information content (AvgIpc) is 3.57. The molecule has 6 rings (SSSR count). The monoisotopic (exact) mass is 512 g/mol. The van der Waals surface area contributed by atoms with Crippen LogP contribution >= 0.6 is 0 Å². The maximum atomic E-state index is 16.1. The van der Waals surface area contributed by atoms with Crippen LogP contribution in [0.1, 0.15) is 45.4 Å². The number of unbranched alkanes of at least 4 members (excludes halogenated alkanes) is 1. The van der Waals surface area contributed by atoms with E-state index in [2.05, 4.69) is 35.4 Å². The van der Waals surface area contributed by atoms with Crippen molar-refractivity contribution in [2.24, 2.45) is 0 Å². The van der Waals surface area contributed by atoms with Gasteiger partial charge in [0.25, 0.3) is 0 Å². The fourth-order valence-electron chi connectivity index (χ4n) is 5.05. The Morgan fingerprint density at radius 1 is 1.13 bits per heavy atom. The fraction of sp³-hybridized carbons (Fsp3) is 0.321. The zero-order chi connectivity index (χ0) is 26.1. The quantitative estimate of drug-likeness (QED) is 0.253. The van der Waals surface area contributed by atoms with Gasteiger partial charge in [0.15, 0.2) is 11.6 Å². The van der Waals surface area contributed by atoms with Crippen LogP contribution in [0.25, 0.3) is 44.6 Å². The highest BCUT2D eigenvalue weighted by Crippen LogP contribution is 2.35. The van der Waals surface area contributed by atoms with E-state index in [-0.39, 0.29) is 5.91 Å². The lowest BCUT2D eigenvalue weighted by Gasteiger charge is -2.27. The summed E-state index contributed by atoms with van der Waals surface area (Å²) < 4.78 is 16.1. The smallest absolute Gasteiger partial charge is 0.224 e. The highest BCUT2D eigenvalue weighted by Gasteiger charge is 2.22. The number of carbonyl (C=O) groups is 1. The van der Waals surface area contributed by atoms with Crippen LogP contribution in [-0.4, -0.2) is 49.1 Å². The van der Waals surface area contributed by atoms with E-state index in [1.54, 1.807) is 36.8 Å². The van der Waals surface area contributed by atoms with E-state index in [1.165, 1.54) is 6.42 Å². The maximum absolute atomic E-state index is 16.1. The predicted octanol–water partition coefficient (Wildman–Crippen LogP) is 5.82. The van der Waals surface area contributed by atoms with Gasteiger partial charge in [-0.2, -0.15) is 5.10 Å². The predicted molar refractivity (Wildman–Crippen MR) is 146 cm³/mol. The summed E-state index contributed by atoms with van der Waals surface area (Å²) in [4.78, 5) is 31.4. The van der Waals surface area contributed by atoms with E-state index in [0.717, 1.165) is 55.6 Å². The number of piperidine rings is 1. The first-order valence-corrected chi connectivity index (χ1v) is 13.1. The van der Waals surface area contributed by atoms with Gasteiger partial charge in [-0.3, -0.25) is 14.9 Å². The number of H-pyrrole nitrogens is 2. The number of hydrogen-bond acceptors (Lipinski definition) is 6. The minimum absolute atomic E-state index is 0.0813. The highest BCUT2D eigenvalue weighted by atomic mass is 19.1. The first kappa shape index (κ1) is 24.0. The van der Waals surface area contributed by atoms with Crippen LogP contribution in [0.2, 0.25) is 0 Å². The van der Waals surface area contributed by atoms with Crippen molar-refractivity contribution in [2.75, 3.05) is 23.3 Å². The third-order valence-corrected chi connectivity index (χ3v) is 7.02. The molecule has 3 N–H and O–H groups in total. The van der Waals surface area contributed by atoms with Crippen molar-refractivity contribution in [3.8, 4) is 22.6 Å². The number of nitrogens with zero attached hydrogens (tertiary/aromatic N) is 5. The normalized spacial score (nSPS) is 13.9. The standard InChI is InChI=1S/C28H29FN8O/c1-2-3-7-22(38)32-18-14-17(15-30-16-18)19-8-9-20-23(24(19)29)26(36-35-20)27-33-21-10-11-31-28(25(21)34-27)37-12-5-4-6-13-37/h8-11,14-16H,2-7,12-13H2,1H3,(H,32,38)(H,33,34)(H,35,36). The van der Waals surface area contributed by atoms with Crippen molar-refractivity contribution in [1.82, 2.24) is 30.1 Å². The van der Waals surface area contributed by atoms with Crippen LogP contribution in [-0.2, 0) is 4.79 Å². The summed E-state index contributed by atoms with van der Waals surface area (Å²) in [6.07, 6.45) is 10.6. The van der Waals surface area contributed by atoms with Crippen LogP contribution in [0.5, 0.6) is 0 Å². The maximum Gasteiger partial charge on any atom is 0.224 e. The Morgan fingerprint density at radius 2 is 2.00 bits per heavy atom. The van der Waals surface area contributed by atoms with Crippen LogP contribution in [0, 0.1) is 5.82 Å². The molecule has 1 fully saturated rings.